The van der Waals surface area contributed by atoms with Crippen LogP contribution < -0.4 is 5.32 Å². The molecule has 1 amide bonds. The fraction of sp³-hybridized carbons (Fsp3) is 0.556. The summed E-state index contributed by atoms with van der Waals surface area (Å²) in [7, 11) is 0. The largest absolute Gasteiger partial charge is 0.325 e. The van der Waals surface area contributed by atoms with Crippen LogP contribution in [0.1, 0.15) is 38.7 Å². The second-order valence-electron chi connectivity index (χ2n) is 5.93. The highest BCUT2D eigenvalue weighted by Gasteiger charge is 2.26. The zero-order valence-electron chi connectivity index (χ0n) is 13.9. The minimum atomic E-state index is -0.154. The number of likely N-dealkylation sites (tertiary alicyclic amines) is 1. The first kappa shape index (κ1) is 17.8. The van der Waals surface area contributed by atoms with Crippen molar-refractivity contribution in [2.45, 2.75) is 44.4 Å². The van der Waals surface area contributed by atoms with Gasteiger partial charge in [-0.3, -0.25) is 9.69 Å². The monoisotopic (exact) mass is 331 g/mol. The number of hydrogen-bond donors (Lipinski definition) is 1. The van der Waals surface area contributed by atoms with Crippen molar-refractivity contribution < 1.29 is 4.79 Å². The zero-order valence-corrected chi connectivity index (χ0v) is 14.7. The molecule has 0 aliphatic carbocycles. The molecule has 0 spiro atoms. The number of carbonyl (C=O) groups is 1. The summed E-state index contributed by atoms with van der Waals surface area (Å²) in [5.41, 5.74) is 1.25. The van der Waals surface area contributed by atoms with Crippen molar-refractivity contribution in [2.75, 3.05) is 24.2 Å². The maximum absolute atomic E-state index is 12.5. The highest BCUT2D eigenvalue weighted by Crippen LogP contribution is 2.23. The Labute approximate surface area is 143 Å². The van der Waals surface area contributed by atoms with E-state index in [1.165, 1.54) is 12.8 Å². The van der Waals surface area contributed by atoms with Crippen LogP contribution in [0.15, 0.2) is 24.3 Å². The summed E-state index contributed by atoms with van der Waals surface area (Å²) in [6.07, 6.45) is 3.64. The molecule has 0 radical (unpaired) electrons. The van der Waals surface area contributed by atoms with Crippen LogP contribution in [0.2, 0.25) is 0 Å². The van der Waals surface area contributed by atoms with Crippen molar-refractivity contribution in [1.82, 2.24) is 4.90 Å². The Morgan fingerprint density at radius 2 is 2.35 bits per heavy atom. The van der Waals surface area contributed by atoms with Crippen LogP contribution in [0.5, 0.6) is 0 Å². The molecule has 23 heavy (non-hydrogen) atoms. The molecule has 0 saturated carbocycles. The molecule has 1 N–H and O–H groups in total. The number of anilines is 1. The zero-order chi connectivity index (χ0) is 16.7. The maximum Gasteiger partial charge on any atom is 0.241 e. The van der Waals surface area contributed by atoms with Gasteiger partial charge in [-0.05, 0) is 50.3 Å². The van der Waals surface area contributed by atoms with Gasteiger partial charge in [0.2, 0.25) is 5.91 Å². The average molecular weight is 331 g/mol. The number of benzene rings is 1. The highest BCUT2D eigenvalue weighted by atomic mass is 32.2. The van der Waals surface area contributed by atoms with E-state index in [4.69, 9.17) is 5.26 Å². The third-order valence-electron chi connectivity index (χ3n) is 4.25. The van der Waals surface area contributed by atoms with Gasteiger partial charge in [-0.1, -0.05) is 19.4 Å². The van der Waals surface area contributed by atoms with E-state index < -0.39 is 0 Å². The molecule has 1 aliphatic rings. The number of hydrogen-bond acceptors (Lipinski definition) is 4. The summed E-state index contributed by atoms with van der Waals surface area (Å²) in [6, 6.07) is 9.00. The summed E-state index contributed by atoms with van der Waals surface area (Å²) < 4.78 is 0. The Morgan fingerprint density at radius 3 is 3.09 bits per heavy atom. The minimum Gasteiger partial charge on any atom is -0.325 e. The van der Waals surface area contributed by atoms with Gasteiger partial charge in [0.25, 0.3) is 0 Å². The molecule has 1 heterocycles. The predicted octanol–water partition coefficient (Wildman–Crippen LogP) is 3.49. The summed E-state index contributed by atoms with van der Waals surface area (Å²) in [5, 5.41) is 12.5. The molecule has 1 fully saturated rings. The van der Waals surface area contributed by atoms with Gasteiger partial charge in [0.1, 0.15) is 0 Å². The molecule has 1 aromatic carbocycles. The van der Waals surface area contributed by atoms with E-state index in [1.54, 1.807) is 18.2 Å². The van der Waals surface area contributed by atoms with Crippen molar-refractivity contribution in [3.8, 4) is 6.07 Å². The lowest BCUT2D eigenvalue weighted by atomic mass is 10.2. The number of nitrogens with one attached hydrogen (secondary N) is 1. The average Bonchev–Trinajstić information content (AvgIpc) is 2.80. The summed E-state index contributed by atoms with van der Waals surface area (Å²) >= 11 is 2.00. The second kappa shape index (κ2) is 8.95. The van der Waals surface area contributed by atoms with Gasteiger partial charge in [-0.2, -0.15) is 17.0 Å². The van der Waals surface area contributed by atoms with Gasteiger partial charge < -0.3 is 5.32 Å². The molecule has 124 valence electrons. The van der Waals surface area contributed by atoms with Crippen LogP contribution in [-0.2, 0) is 4.79 Å². The molecule has 1 aromatic rings. The third-order valence-corrected chi connectivity index (χ3v) is 5.44. The molecule has 5 heteroatoms. The van der Waals surface area contributed by atoms with Crippen molar-refractivity contribution in [3.05, 3.63) is 29.8 Å². The Bertz CT molecular complexity index is 570. The van der Waals surface area contributed by atoms with Crippen LogP contribution in [-0.4, -0.2) is 40.9 Å². The first-order chi connectivity index (χ1) is 11.1. The van der Waals surface area contributed by atoms with Gasteiger partial charge in [-0.15, -0.1) is 0 Å². The van der Waals surface area contributed by atoms with Crippen LogP contribution in [0.25, 0.3) is 0 Å². The van der Waals surface area contributed by atoms with Crippen molar-refractivity contribution >= 4 is 23.4 Å². The van der Waals surface area contributed by atoms with E-state index >= 15 is 0 Å². The smallest absolute Gasteiger partial charge is 0.241 e. The molecular formula is C18H25N3OS. The van der Waals surface area contributed by atoms with Crippen molar-refractivity contribution in [2.24, 2.45) is 0 Å². The molecule has 1 aliphatic heterocycles. The van der Waals surface area contributed by atoms with Gasteiger partial charge in [0, 0.05) is 17.5 Å². The summed E-state index contributed by atoms with van der Waals surface area (Å²) in [5.74, 6) is 1.13. The molecule has 0 aromatic heterocycles. The van der Waals surface area contributed by atoms with E-state index in [9.17, 15) is 4.79 Å². The Hall–Kier alpha value is -1.51. The molecule has 1 saturated heterocycles. The first-order valence-corrected chi connectivity index (χ1v) is 9.35. The Morgan fingerprint density at radius 1 is 1.52 bits per heavy atom. The molecule has 4 nitrogen and oxygen atoms in total. The minimum absolute atomic E-state index is 0.00207. The third kappa shape index (κ3) is 5.26. The van der Waals surface area contributed by atoms with Crippen molar-refractivity contribution in [3.63, 3.8) is 0 Å². The fourth-order valence-corrected chi connectivity index (χ4v) is 4.04. The summed E-state index contributed by atoms with van der Waals surface area (Å²) in [6.45, 7) is 6.12. The highest BCUT2D eigenvalue weighted by molar-refractivity contribution is 7.99. The van der Waals surface area contributed by atoms with E-state index in [-0.39, 0.29) is 11.9 Å². The lowest BCUT2D eigenvalue weighted by Crippen LogP contribution is -2.44. The standard InChI is InChI=1S/C18H25N3OS/c1-3-23-17-9-4-5-10-21(13-17)14(2)18(22)20-16-8-6-7-15(11-16)12-19/h6-8,11,14,17H,3-5,9-10,13H2,1-2H3,(H,20,22). The predicted molar refractivity (Wildman–Crippen MR) is 96.6 cm³/mol. The number of thioether (sulfide) groups is 1. The van der Waals surface area contributed by atoms with E-state index in [0.29, 0.717) is 16.5 Å². The number of nitrogens with zero attached hydrogens (tertiary/aromatic N) is 2. The summed E-state index contributed by atoms with van der Waals surface area (Å²) in [4.78, 5) is 14.8. The molecule has 0 bridgehead atoms. The van der Waals surface area contributed by atoms with Crippen LogP contribution in [0.4, 0.5) is 5.69 Å². The normalized spacial score (nSPS) is 20.3. The second-order valence-corrected chi connectivity index (χ2v) is 7.50. The Balaban J connectivity index is 1.98. The van der Waals surface area contributed by atoms with E-state index in [2.05, 4.69) is 23.2 Å². The van der Waals surface area contributed by atoms with Crippen LogP contribution in [0, 0.1) is 11.3 Å². The SMILES string of the molecule is CCSC1CCCCN(C(C)C(=O)Nc2cccc(C#N)c2)C1. The molecule has 2 atom stereocenters. The van der Waals surface area contributed by atoms with Crippen LogP contribution in [0.3, 0.4) is 0 Å². The number of amides is 1. The van der Waals surface area contributed by atoms with Crippen LogP contribution >= 0.6 is 11.8 Å². The first-order valence-electron chi connectivity index (χ1n) is 8.30. The van der Waals surface area contributed by atoms with Gasteiger partial charge in [-0.25, -0.2) is 0 Å². The van der Waals surface area contributed by atoms with Crippen molar-refractivity contribution in [1.29, 1.82) is 5.26 Å². The molecule has 2 rings (SSSR count). The lowest BCUT2D eigenvalue weighted by molar-refractivity contribution is -0.120. The van der Waals surface area contributed by atoms with Gasteiger partial charge in [0.05, 0.1) is 17.7 Å². The van der Waals surface area contributed by atoms with Gasteiger partial charge in [0.15, 0.2) is 0 Å². The maximum atomic E-state index is 12.5. The topological polar surface area (TPSA) is 56.1 Å². The molecular weight excluding hydrogens is 306 g/mol. The number of rotatable bonds is 5. The van der Waals surface area contributed by atoms with E-state index in [1.807, 2.05) is 24.8 Å². The lowest BCUT2D eigenvalue weighted by Gasteiger charge is -2.29. The quantitative estimate of drug-likeness (QED) is 0.897. The molecule has 2 unspecified atom stereocenters. The van der Waals surface area contributed by atoms with E-state index in [0.717, 1.165) is 25.3 Å². The number of nitriles is 1. The Kier molecular flexibility index (Phi) is 6.94. The van der Waals surface area contributed by atoms with Gasteiger partial charge >= 0.3 is 0 Å². The number of carbonyl (C=O) groups excluding carboxylic acids is 1. The fourth-order valence-electron chi connectivity index (χ4n) is 2.93.